The minimum Gasteiger partial charge on any atom is -0.454 e. The quantitative estimate of drug-likeness (QED) is 0.874. The molecule has 5 rings (SSSR count). The van der Waals surface area contributed by atoms with Crippen LogP contribution in [-0.2, 0) is 0 Å². The van der Waals surface area contributed by atoms with Crippen LogP contribution in [0.3, 0.4) is 0 Å². The maximum Gasteiger partial charge on any atom is 0.231 e. The third kappa shape index (κ3) is 3.24. The first-order chi connectivity index (χ1) is 13.7. The number of ether oxygens (including phenoxy) is 2. The molecule has 0 saturated carbocycles. The lowest BCUT2D eigenvalue weighted by atomic mass is 9.87. The van der Waals surface area contributed by atoms with Crippen molar-refractivity contribution in [3.05, 3.63) is 35.5 Å². The van der Waals surface area contributed by atoms with Crippen LogP contribution in [0.5, 0.6) is 11.5 Å². The molecule has 2 fully saturated rings. The Balaban J connectivity index is 1.33. The Morgan fingerprint density at radius 3 is 2.64 bits per heavy atom. The van der Waals surface area contributed by atoms with Crippen LogP contribution in [0.2, 0.25) is 0 Å². The molecule has 0 amide bonds. The van der Waals surface area contributed by atoms with Gasteiger partial charge >= 0.3 is 0 Å². The van der Waals surface area contributed by atoms with Crippen LogP contribution < -0.4 is 19.3 Å². The molecule has 0 bridgehead atoms. The molecule has 2 saturated heterocycles. The minimum absolute atomic E-state index is 0.0896. The van der Waals surface area contributed by atoms with Gasteiger partial charge in [-0.1, -0.05) is 6.07 Å². The average molecular weight is 382 g/mol. The van der Waals surface area contributed by atoms with Crippen molar-refractivity contribution in [1.29, 1.82) is 0 Å². The predicted octanol–water partition coefficient (Wildman–Crippen LogP) is 2.47. The fourth-order valence-corrected chi connectivity index (χ4v) is 4.43. The molecule has 3 aliphatic heterocycles. The number of aryl methyl sites for hydroxylation is 1. The zero-order chi connectivity index (χ0) is 19.1. The van der Waals surface area contributed by atoms with E-state index in [1.807, 2.05) is 31.2 Å². The summed E-state index contributed by atoms with van der Waals surface area (Å²) in [7, 11) is 0. The van der Waals surface area contributed by atoms with Gasteiger partial charge in [-0.2, -0.15) is 4.98 Å². The lowest BCUT2D eigenvalue weighted by molar-refractivity contribution is 0.129. The van der Waals surface area contributed by atoms with E-state index in [-0.39, 0.29) is 12.7 Å². The van der Waals surface area contributed by atoms with Gasteiger partial charge in [-0.15, -0.1) is 0 Å². The van der Waals surface area contributed by atoms with Crippen molar-refractivity contribution < 1.29 is 14.6 Å². The number of hydrogen-bond donors (Lipinski definition) is 1. The third-order valence-corrected chi connectivity index (χ3v) is 5.95. The highest BCUT2D eigenvalue weighted by atomic mass is 16.7. The predicted molar refractivity (Wildman–Crippen MR) is 106 cm³/mol. The Labute approximate surface area is 164 Å². The summed E-state index contributed by atoms with van der Waals surface area (Å²) in [6.45, 7) is 5.75. The normalized spacial score (nSPS) is 24.1. The Bertz CT molecular complexity index is 869. The number of rotatable bonds is 3. The van der Waals surface area contributed by atoms with Gasteiger partial charge in [0.15, 0.2) is 11.5 Å². The van der Waals surface area contributed by atoms with Gasteiger partial charge in [0, 0.05) is 43.9 Å². The van der Waals surface area contributed by atoms with Gasteiger partial charge in [0.25, 0.3) is 0 Å². The van der Waals surface area contributed by atoms with Crippen molar-refractivity contribution in [2.24, 2.45) is 0 Å². The Morgan fingerprint density at radius 2 is 1.82 bits per heavy atom. The maximum atomic E-state index is 10.9. The van der Waals surface area contributed by atoms with Gasteiger partial charge in [0.05, 0.1) is 6.10 Å². The first-order valence-corrected chi connectivity index (χ1v) is 10.1. The molecule has 0 spiro atoms. The van der Waals surface area contributed by atoms with E-state index in [2.05, 4.69) is 14.8 Å². The van der Waals surface area contributed by atoms with Crippen LogP contribution in [0.4, 0.5) is 11.8 Å². The fraction of sp³-hybridized carbons (Fsp3) is 0.524. The number of aliphatic hydroxyl groups is 1. The molecular formula is C21H26N4O3. The van der Waals surface area contributed by atoms with Crippen LogP contribution in [-0.4, -0.2) is 54.2 Å². The summed E-state index contributed by atoms with van der Waals surface area (Å²) >= 11 is 0. The number of aromatic nitrogens is 2. The summed E-state index contributed by atoms with van der Waals surface area (Å²) in [4.78, 5) is 13.9. The van der Waals surface area contributed by atoms with E-state index in [4.69, 9.17) is 14.5 Å². The van der Waals surface area contributed by atoms with Crippen molar-refractivity contribution in [2.45, 2.75) is 38.2 Å². The SMILES string of the molecule is Cc1cc(N2CC[C@@H](c3ccc4c(c3)OCO4)[C@H](O)C2)nc(N2CCCC2)n1. The second-order valence-electron chi connectivity index (χ2n) is 7.88. The highest BCUT2D eigenvalue weighted by Crippen LogP contribution is 2.38. The Morgan fingerprint density at radius 1 is 1.00 bits per heavy atom. The summed E-state index contributed by atoms with van der Waals surface area (Å²) in [6.07, 6.45) is 2.81. The second-order valence-corrected chi connectivity index (χ2v) is 7.88. The molecular weight excluding hydrogens is 356 g/mol. The fourth-order valence-electron chi connectivity index (χ4n) is 4.43. The second kappa shape index (κ2) is 7.13. The number of benzene rings is 1. The van der Waals surface area contributed by atoms with Crippen LogP contribution in [0.25, 0.3) is 0 Å². The molecule has 1 N–H and O–H groups in total. The number of hydrogen-bond acceptors (Lipinski definition) is 7. The molecule has 3 aliphatic rings. The number of aliphatic hydroxyl groups excluding tert-OH is 1. The molecule has 1 aromatic heterocycles. The first kappa shape index (κ1) is 17.6. The van der Waals surface area contributed by atoms with Crippen molar-refractivity contribution in [2.75, 3.05) is 42.8 Å². The van der Waals surface area contributed by atoms with Crippen molar-refractivity contribution >= 4 is 11.8 Å². The minimum atomic E-state index is -0.459. The van der Waals surface area contributed by atoms with E-state index < -0.39 is 6.10 Å². The lowest BCUT2D eigenvalue weighted by Crippen LogP contribution is -2.43. The summed E-state index contributed by atoms with van der Waals surface area (Å²) in [5.41, 5.74) is 2.08. The van der Waals surface area contributed by atoms with Crippen LogP contribution in [0.1, 0.15) is 36.4 Å². The van der Waals surface area contributed by atoms with Gasteiger partial charge in [-0.3, -0.25) is 0 Å². The van der Waals surface area contributed by atoms with E-state index in [1.165, 1.54) is 12.8 Å². The van der Waals surface area contributed by atoms with E-state index in [0.717, 1.165) is 60.6 Å². The maximum absolute atomic E-state index is 10.9. The number of piperidine rings is 1. The molecule has 1 aromatic carbocycles. The molecule has 0 unspecified atom stereocenters. The molecule has 148 valence electrons. The van der Waals surface area contributed by atoms with Gasteiger partial charge in [-0.05, 0) is 43.9 Å². The highest BCUT2D eigenvalue weighted by molar-refractivity contribution is 5.49. The van der Waals surface area contributed by atoms with Gasteiger partial charge < -0.3 is 24.4 Å². The zero-order valence-electron chi connectivity index (χ0n) is 16.2. The molecule has 2 atom stereocenters. The average Bonchev–Trinajstić information content (AvgIpc) is 3.38. The zero-order valence-corrected chi connectivity index (χ0v) is 16.2. The Hall–Kier alpha value is -2.54. The molecule has 28 heavy (non-hydrogen) atoms. The van der Waals surface area contributed by atoms with Crippen LogP contribution in [0.15, 0.2) is 24.3 Å². The lowest BCUT2D eigenvalue weighted by Gasteiger charge is -2.37. The van der Waals surface area contributed by atoms with Gasteiger partial charge in [0.2, 0.25) is 12.7 Å². The van der Waals surface area contributed by atoms with Crippen LogP contribution in [0, 0.1) is 6.92 Å². The number of nitrogens with zero attached hydrogens (tertiary/aromatic N) is 4. The summed E-state index contributed by atoms with van der Waals surface area (Å²) in [6, 6.07) is 8.00. The van der Waals surface area contributed by atoms with E-state index in [9.17, 15) is 5.11 Å². The molecule has 7 heteroatoms. The standard InChI is InChI=1S/C21H26N4O3/c1-14-10-20(23-21(22-14)24-7-2-3-8-24)25-9-6-16(17(26)12-25)15-4-5-18-19(11-15)28-13-27-18/h4-5,10-11,16-17,26H,2-3,6-9,12-13H2,1H3/t16-,17+/m0/s1. The molecule has 2 aromatic rings. The van der Waals surface area contributed by atoms with Gasteiger partial charge in [-0.25, -0.2) is 4.98 Å². The molecule has 4 heterocycles. The van der Waals surface area contributed by atoms with Crippen LogP contribution >= 0.6 is 0 Å². The Kier molecular flexibility index (Phi) is 4.47. The monoisotopic (exact) mass is 382 g/mol. The number of anilines is 2. The summed E-state index contributed by atoms with van der Waals surface area (Å²) in [5.74, 6) is 3.37. The van der Waals surface area contributed by atoms with E-state index in [1.54, 1.807) is 0 Å². The molecule has 0 radical (unpaired) electrons. The first-order valence-electron chi connectivity index (χ1n) is 10.1. The van der Waals surface area contributed by atoms with Crippen molar-refractivity contribution in [1.82, 2.24) is 9.97 Å². The van der Waals surface area contributed by atoms with Crippen molar-refractivity contribution in [3.8, 4) is 11.5 Å². The van der Waals surface area contributed by atoms with E-state index in [0.29, 0.717) is 6.54 Å². The van der Waals surface area contributed by atoms with Gasteiger partial charge in [0.1, 0.15) is 5.82 Å². The summed E-state index contributed by atoms with van der Waals surface area (Å²) < 4.78 is 10.9. The smallest absolute Gasteiger partial charge is 0.231 e. The largest absolute Gasteiger partial charge is 0.454 e. The van der Waals surface area contributed by atoms with E-state index >= 15 is 0 Å². The highest BCUT2D eigenvalue weighted by Gasteiger charge is 2.31. The summed E-state index contributed by atoms with van der Waals surface area (Å²) in [5, 5.41) is 10.9. The molecule has 0 aliphatic carbocycles. The van der Waals surface area contributed by atoms with Crippen molar-refractivity contribution in [3.63, 3.8) is 0 Å². The topological polar surface area (TPSA) is 71.0 Å². The number of fused-ring (bicyclic) bond motifs is 1. The third-order valence-electron chi connectivity index (χ3n) is 5.95. The molecule has 7 nitrogen and oxygen atoms in total. The number of β-amino-alcohol motifs (C(OH)–C–C–N with tert-alkyl or cyclic N) is 1.